The summed E-state index contributed by atoms with van der Waals surface area (Å²) < 4.78 is 0. The van der Waals surface area contributed by atoms with Gasteiger partial charge in [-0.25, -0.2) is 14.8 Å². The molecule has 6 heteroatoms. The average Bonchev–Trinajstić information content (AvgIpc) is 3.31. The van der Waals surface area contributed by atoms with Crippen LogP contribution in [0.2, 0.25) is 0 Å². The lowest BCUT2D eigenvalue weighted by molar-refractivity contribution is 0.0694. The van der Waals surface area contributed by atoms with Crippen LogP contribution in [0, 0.1) is 0 Å². The summed E-state index contributed by atoms with van der Waals surface area (Å²) in [5.41, 5.74) is 1.05. The van der Waals surface area contributed by atoms with Gasteiger partial charge in [0.2, 0.25) is 0 Å². The topological polar surface area (TPSA) is 63.1 Å². The third-order valence-corrected chi connectivity index (χ3v) is 6.98. The number of carbonyl (C=O) groups is 1. The number of carboxylic acid groups (broad SMARTS) is 1. The van der Waals surface area contributed by atoms with E-state index < -0.39 is 5.97 Å². The molecule has 1 aromatic rings. The molecule has 1 saturated carbocycles. The lowest BCUT2D eigenvalue weighted by Crippen LogP contribution is -2.21. The molecule has 0 amide bonds. The van der Waals surface area contributed by atoms with Crippen molar-refractivity contribution in [3.05, 3.63) is 23.3 Å². The summed E-state index contributed by atoms with van der Waals surface area (Å²) in [5.74, 6) is 2.57. The Morgan fingerprint density at radius 2 is 2.15 bits per heavy atom. The van der Waals surface area contributed by atoms with Crippen LogP contribution in [0.3, 0.4) is 0 Å². The van der Waals surface area contributed by atoms with E-state index in [1.807, 2.05) is 23.5 Å². The van der Waals surface area contributed by atoms with Gasteiger partial charge in [0, 0.05) is 28.9 Å². The summed E-state index contributed by atoms with van der Waals surface area (Å²) in [4.78, 5) is 20.3. The predicted octanol–water partition coefficient (Wildman–Crippen LogP) is 3.35. The molecule has 1 aliphatic heterocycles. The van der Waals surface area contributed by atoms with Crippen molar-refractivity contribution in [1.82, 2.24) is 9.97 Å². The van der Waals surface area contributed by atoms with Gasteiger partial charge in [0.15, 0.2) is 0 Å². The molecule has 1 saturated heterocycles. The second-order valence-corrected chi connectivity index (χ2v) is 7.81. The maximum atomic E-state index is 11.3. The summed E-state index contributed by atoms with van der Waals surface area (Å²) in [6, 6.07) is 0. The van der Waals surface area contributed by atoms with Crippen molar-refractivity contribution in [2.24, 2.45) is 0 Å². The van der Waals surface area contributed by atoms with Gasteiger partial charge in [0.1, 0.15) is 5.82 Å². The molecule has 3 rings (SSSR count). The highest BCUT2D eigenvalue weighted by Crippen LogP contribution is 2.45. The summed E-state index contributed by atoms with van der Waals surface area (Å²) in [7, 11) is 0. The normalized spacial score (nSPS) is 26.4. The van der Waals surface area contributed by atoms with Gasteiger partial charge in [-0.05, 0) is 19.3 Å². The molecule has 1 aliphatic carbocycles. The van der Waals surface area contributed by atoms with Crippen molar-refractivity contribution in [1.29, 1.82) is 0 Å². The molecule has 0 bridgehead atoms. The standard InChI is InChI=1S/C14H18N2O2S2/c1-2-10-12(20-6-5-19-10)13-15-7-9(14(17)18)11(16-13)8-3-4-8/h7-8,10,12H,2-6H2,1H3,(H,17,18). The average molecular weight is 310 g/mol. The van der Waals surface area contributed by atoms with Gasteiger partial charge >= 0.3 is 5.97 Å². The lowest BCUT2D eigenvalue weighted by Gasteiger charge is -2.29. The number of carboxylic acids is 1. The molecular formula is C14H18N2O2S2. The number of nitrogens with zero attached hydrogens (tertiary/aromatic N) is 2. The first-order chi connectivity index (χ1) is 9.70. The number of hydrogen-bond acceptors (Lipinski definition) is 5. The van der Waals surface area contributed by atoms with E-state index in [0.717, 1.165) is 36.5 Å². The predicted molar refractivity (Wildman–Crippen MR) is 82.7 cm³/mol. The molecule has 2 unspecified atom stereocenters. The highest BCUT2D eigenvalue weighted by atomic mass is 32.2. The Kier molecular flexibility index (Phi) is 4.21. The quantitative estimate of drug-likeness (QED) is 0.920. The second-order valence-electron chi connectivity index (χ2n) is 5.22. The molecule has 20 heavy (non-hydrogen) atoms. The largest absolute Gasteiger partial charge is 0.478 e. The number of hydrogen-bond donors (Lipinski definition) is 1. The first kappa shape index (κ1) is 14.2. The molecule has 1 N–H and O–H groups in total. The molecule has 2 atom stereocenters. The Bertz CT molecular complexity index is 520. The van der Waals surface area contributed by atoms with Crippen LogP contribution in [0.25, 0.3) is 0 Å². The summed E-state index contributed by atoms with van der Waals surface area (Å²) in [6.07, 6.45) is 4.73. The first-order valence-electron chi connectivity index (χ1n) is 7.04. The third-order valence-electron chi connectivity index (χ3n) is 3.74. The van der Waals surface area contributed by atoms with E-state index in [9.17, 15) is 9.90 Å². The summed E-state index contributed by atoms with van der Waals surface area (Å²) in [5, 5.41) is 10.1. The molecule has 0 aromatic carbocycles. The first-order valence-corrected chi connectivity index (χ1v) is 9.13. The van der Waals surface area contributed by atoms with Crippen LogP contribution in [0.15, 0.2) is 6.20 Å². The zero-order valence-corrected chi connectivity index (χ0v) is 13.0. The highest BCUT2D eigenvalue weighted by Gasteiger charge is 2.33. The number of rotatable bonds is 4. The van der Waals surface area contributed by atoms with E-state index in [2.05, 4.69) is 16.9 Å². The van der Waals surface area contributed by atoms with Gasteiger partial charge < -0.3 is 5.11 Å². The van der Waals surface area contributed by atoms with E-state index in [1.165, 1.54) is 11.9 Å². The van der Waals surface area contributed by atoms with E-state index in [-0.39, 0.29) is 5.56 Å². The minimum atomic E-state index is -0.906. The van der Waals surface area contributed by atoms with Crippen molar-refractivity contribution in [3.63, 3.8) is 0 Å². The molecule has 0 radical (unpaired) electrons. The van der Waals surface area contributed by atoms with Crippen molar-refractivity contribution in [2.45, 2.75) is 42.6 Å². The maximum absolute atomic E-state index is 11.3. The van der Waals surface area contributed by atoms with E-state index in [1.54, 1.807) is 0 Å². The van der Waals surface area contributed by atoms with Gasteiger partial charge in [-0.3, -0.25) is 0 Å². The van der Waals surface area contributed by atoms with Gasteiger partial charge in [0.25, 0.3) is 0 Å². The van der Waals surface area contributed by atoms with Crippen molar-refractivity contribution in [3.8, 4) is 0 Å². The van der Waals surface area contributed by atoms with Crippen molar-refractivity contribution < 1.29 is 9.90 Å². The molecular weight excluding hydrogens is 292 g/mol. The smallest absolute Gasteiger partial charge is 0.339 e. The fourth-order valence-electron chi connectivity index (χ4n) is 2.52. The second kappa shape index (κ2) is 5.93. The number of aromatic nitrogens is 2. The number of thioether (sulfide) groups is 2. The van der Waals surface area contributed by atoms with Crippen molar-refractivity contribution in [2.75, 3.05) is 11.5 Å². The maximum Gasteiger partial charge on any atom is 0.339 e. The lowest BCUT2D eigenvalue weighted by atomic mass is 10.1. The van der Waals surface area contributed by atoms with Crippen LogP contribution >= 0.6 is 23.5 Å². The highest BCUT2D eigenvalue weighted by molar-refractivity contribution is 8.06. The molecule has 108 valence electrons. The molecule has 2 fully saturated rings. The molecule has 0 spiro atoms. The summed E-state index contributed by atoms with van der Waals surface area (Å²) in [6.45, 7) is 2.20. The molecule has 1 aromatic heterocycles. The fraction of sp³-hybridized carbons (Fsp3) is 0.643. The van der Waals surface area contributed by atoms with Crippen molar-refractivity contribution >= 4 is 29.5 Å². The van der Waals surface area contributed by atoms with Crippen LogP contribution in [0.5, 0.6) is 0 Å². The molecule has 2 heterocycles. The Morgan fingerprint density at radius 1 is 1.40 bits per heavy atom. The van der Waals surface area contributed by atoms with Crippen LogP contribution < -0.4 is 0 Å². The van der Waals surface area contributed by atoms with Gasteiger partial charge in [-0.2, -0.15) is 11.8 Å². The van der Waals surface area contributed by atoms with Gasteiger partial charge in [-0.15, -0.1) is 11.8 Å². The Balaban J connectivity index is 1.93. The zero-order chi connectivity index (χ0) is 14.1. The third kappa shape index (κ3) is 2.81. The van der Waals surface area contributed by atoms with Crippen LogP contribution in [0.1, 0.15) is 59.2 Å². The minimum Gasteiger partial charge on any atom is -0.478 e. The zero-order valence-electron chi connectivity index (χ0n) is 11.4. The van der Waals surface area contributed by atoms with Gasteiger partial charge in [0.05, 0.1) is 16.5 Å². The van der Waals surface area contributed by atoms with E-state index in [0.29, 0.717) is 16.4 Å². The Labute approximate surface area is 127 Å². The minimum absolute atomic E-state index is 0.290. The summed E-state index contributed by atoms with van der Waals surface area (Å²) >= 11 is 3.90. The van der Waals surface area contributed by atoms with E-state index in [4.69, 9.17) is 0 Å². The SMILES string of the molecule is CCC1SCCSC1c1ncc(C(=O)O)c(C2CC2)n1. The number of aromatic carboxylic acids is 1. The Hall–Kier alpha value is -0.750. The van der Waals surface area contributed by atoms with Crippen LogP contribution in [-0.4, -0.2) is 37.8 Å². The van der Waals surface area contributed by atoms with E-state index >= 15 is 0 Å². The van der Waals surface area contributed by atoms with Crippen LogP contribution in [0.4, 0.5) is 0 Å². The monoisotopic (exact) mass is 310 g/mol. The van der Waals surface area contributed by atoms with Crippen LogP contribution in [-0.2, 0) is 0 Å². The molecule has 4 nitrogen and oxygen atoms in total. The Morgan fingerprint density at radius 3 is 2.80 bits per heavy atom. The fourth-order valence-corrected chi connectivity index (χ4v) is 5.52. The van der Waals surface area contributed by atoms with Gasteiger partial charge in [-0.1, -0.05) is 6.92 Å². The molecule has 2 aliphatic rings.